The van der Waals surface area contributed by atoms with E-state index < -0.39 is 36.8 Å². The number of hydrogen-bond donors (Lipinski definition) is 4. The van der Waals surface area contributed by atoms with Crippen LogP contribution in [0.5, 0.6) is 0 Å². The zero-order valence-electron chi connectivity index (χ0n) is 12.8. The first-order chi connectivity index (χ1) is 11.5. The van der Waals surface area contributed by atoms with Gasteiger partial charge in [0.25, 0.3) is 0 Å². The van der Waals surface area contributed by atoms with E-state index in [1.807, 2.05) is 0 Å². The average Bonchev–Trinajstić information content (AvgIpc) is 3.29. The fourth-order valence-corrected chi connectivity index (χ4v) is 3.13. The van der Waals surface area contributed by atoms with E-state index in [0.29, 0.717) is 18.0 Å². The third-order valence-electron chi connectivity index (χ3n) is 4.63. The van der Waals surface area contributed by atoms with Crippen molar-refractivity contribution in [3.63, 3.8) is 0 Å². The van der Waals surface area contributed by atoms with E-state index in [1.165, 1.54) is 10.8 Å². The Morgan fingerprint density at radius 2 is 2.08 bits per heavy atom. The van der Waals surface area contributed by atoms with Gasteiger partial charge in [0.1, 0.15) is 23.8 Å². The Labute approximate surface area is 136 Å². The highest BCUT2D eigenvalue weighted by Crippen LogP contribution is 2.33. The van der Waals surface area contributed by atoms with Crippen LogP contribution in [0, 0.1) is 5.92 Å². The topological polar surface area (TPSA) is 149 Å². The van der Waals surface area contributed by atoms with Crippen LogP contribution in [0.4, 0.5) is 5.95 Å². The molecule has 0 amide bonds. The van der Waals surface area contributed by atoms with Crippen molar-refractivity contribution < 1.29 is 20.1 Å². The van der Waals surface area contributed by atoms with Crippen LogP contribution in [-0.4, -0.2) is 59.3 Å². The van der Waals surface area contributed by atoms with E-state index in [2.05, 4.69) is 9.97 Å². The van der Waals surface area contributed by atoms with Gasteiger partial charge in [-0.3, -0.25) is 4.57 Å². The van der Waals surface area contributed by atoms with Crippen molar-refractivity contribution in [3.05, 3.63) is 16.7 Å². The summed E-state index contributed by atoms with van der Waals surface area (Å²) in [6.45, 7) is 0.0612. The molecule has 2 aliphatic rings. The Bertz CT molecular complexity index is 829. The zero-order valence-corrected chi connectivity index (χ0v) is 12.8. The van der Waals surface area contributed by atoms with Gasteiger partial charge < -0.3 is 25.8 Å². The first-order valence-electron chi connectivity index (χ1n) is 7.87. The maximum Gasteiger partial charge on any atom is 0.332 e. The molecule has 0 aromatic carbocycles. The summed E-state index contributed by atoms with van der Waals surface area (Å²) in [6.07, 6.45) is -1.20. The van der Waals surface area contributed by atoms with Crippen LogP contribution in [0.2, 0.25) is 0 Å². The number of nitrogens with two attached hydrogens (primary N) is 1. The lowest BCUT2D eigenvalue weighted by molar-refractivity contribution is -0.0528. The molecule has 4 rings (SSSR count). The summed E-state index contributed by atoms with van der Waals surface area (Å²) in [6, 6.07) is 0. The lowest BCUT2D eigenvalue weighted by atomic mass is 10.1. The van der Waals surface area contributed by atoms with Crippen LogP contribution < -0.4 is 11.4 Å². The Balaban J connectivity index is 1.86. The number of nitrogens with zero attached hydrogens (tertiary/aromatic N) is 4. The first kappa shape index (κ1) is 15.5. The molecule has 2 aromatic heterocycles. The standard InChI is InChI=1S/C14H19N5O5/c15-13-16-3-7-11(17-13)19(14(23)18(7)4-6-1-2-6)12-10(22)9(21)8(5-20)24-12/h3,6,8-10,12,20-22H,1-2,4-5H2,(H2,15,16,17)/t8-,9+,10-,12-/m1/s1. The van der Waals surface area contributed by atoms with Crippen molar-refractivity contribution >= 4 is 17.1 Å². The van der Waals surface area contributed by atoms with E-state index in [4.69, 9.17) is 10.5 Å². The van der Waals surface area contributed by atoms with Crippen LogP contribution in [0.1, 0.15) is 19.1 Å². The number of nitrogen functional groups attached to an aromatic ring is 1. The maximum atomic E-state index is 12.9. The third-order valence-corrected chi connectivity index (χ3v) is 4.63. The van der Waals surface area contributed by atoms with Gasteiger partial charge in [-0.25, -0.2) is 14.3 Å². The highest BCUT2D eigenvalue weighted by molar-refractivity contribution is 5.72. The summed E-state index contributed by atoms with van der Waals surface area (Å²) in [7, 11) is 0. The SMILES string of the molecule is Nc1ncc2c(n1)n([C@@H]1O[C@H](CO)[C@H](O)[C@H]1O)c(=O)n2CC1CC1. The van der Waals surface area contributed by atoms with Crippen molar-refractivity contribution in [1.29, 1.82) is 0 Å². The summed E-state index contributed by atoms with van der Waals surface area (Å²) < 4.78 is 8.21. The Morgan fingerprint density at radius 1 is 1.33 bits per heavy atom. The number of rotatable bonds is 4. The molecule has 0 bridgehead atoms. The molecular weight excluding hydrogens is 318 g/mol. The molecular formula is C14H19N5O5. The smallest absolute Gasteiger partial charge is 0.332 e. The molecule has 5 N–H and O–H groups in total. The van der Waals surface area contributed by atoms with Crippen molar-refractivity contribution in [2.45, 2.75) is 43.9 Å². The van der Waals surface area contributed by atoms with Crippen LogP contribution in [0.3, 0.4) is 0 Å². The van der Waals surface area contributed by atoms with Gasteiger partial charge in [-0.05, 0) is 18.8 Å². The summed E-state index contributed by atoms with van der Waals surface area (Å²) in [5.41, 5.74) is 5.97. The Kier molecular flexibility index (Phi) is 3.57. The second kappa shape index (κ2) is 5.52. The molecule has 1 saturated carbocycles. The number of imidazole rings is 1. The largest absolute Gasteiger partial charge is 0.394 e. The molecule has 0 unspecified atom stereocenters. The summed E-state index contributed by atoms with van der Waals surface area (Å²) in [4.78, 5) is 20.9. The molecule has 130 valence electrons. The Hall–Kier alpha value is -2.01. The lowest BCUT2D eigenvalue weighted by Crippen LogP contribution is -2.36. The van der Waals surface area contributed by atoms with Crippen molar-refractivity contribution in [2.75, 3.05) is 12.3 Å². The average molecular weight is 337 g/mol. The lowest BCUT2D eigenvalue weighted by Gasteiger charge is -2.15. The molecule has 1 aliphatic heterocycles. The monoisotopic (exact) mass is 337 g/mol. The highest BCUT2D eigenvalue weighted by Gasteiger charge is 2.45. The van der Waals surface area contributed by atoms with Crippen molar-refractivity contribution in [3.8, 4) is 0 Å². The zero-order chi connectivity index (χ0) is 17.0. The van der Waals surface area contributed by atoms with Crippen molar-refractivity contribution in [1.82, 2.24) is 19.1 Å². The minimum Gasteiger partial charge on any atom is -0.394 e. The predicted molar refractivity (Wildman–Crippen MR) is 81.9 cm³/mol. The number of aliphatic hydroxyl groups excluding tert-OH is 3. The molecule has 0 spiro atoms. The second-order valence-corrected chi connectivity index (χ2v) is 6.37. The van der Waals surface area contributed by atoms with Gasteiger partial charge in [0.05, 0.1) is 12.8 Å². The van der Waals surface area contributed by atoms with E-state index in [9.17, 15) is 20.1 Å². The normalized spacial score (nSPS) is 30.3. The van der Waals surface area contributed by atoms with E-state index in [-0.39, 0.29) is 11.6 Å². The van der Waals surface area contributed by atoms with Gasteiger partial charge >= 0.3 is 5.69 Å². The van der Waals surface area contributed by atoms with Gasteiger partial charge in [0.2, 0.25) is 5.95 Å². The molecule has 10 heteroatoms. The molecule has 4 atom stereocenters. The maximum absolute atomic E-state index is 12.9. The second-order valence-electron chi connectivity index (χ2n) is 6.37. The summed E-state index contributed by atoms with van der Waals surface area (Å²) >= 11 is 0. The van der Waals surface area contributed by atoms with Gasteiger partial charge in [-0.2, -0.15) is 4.98 Å². The van der Waals surface area contributed by atoms with Crippen molar-refractivity contribution in [2.24, 2.45) is 5.92 Å². The van der Waals surface area contributed by atoms with Gasteiger partial charge in [0.15, 0.2) is 11.9 Å². The van der Waals surface area contributed by atoms with E-state index in [1.54, 1.807) is 4.57 Å². The molecule has 2 fully saturated rings. The minimum absolute atomic E-state index is 0.00781. The van der Waals surface area contributed by atoms with Gasteiger partial charge in [-0.15, -0.1) is 0 Å². The number of fused-ring (bicyclic) bond motifs is 1. The number of aliphatic hydroxyl groups is 3. The van der Waals surface area contributed by atoms with Crippen LogP contribution in [-0.2, 0) is 11.3 Å². The van der Waals surface area contributed by atoms with Gasteiger partial charge in [0, 0.05) is 6.54 Å². The summed E-state index contributed by atoms with van der Waals surface area (Å²) in [5, 5.41) is 29.4. The third kappa shape index (κ3) is 2.30. The highest BCUT2D eigenvalue weighted by atomic mass is 16.6. The fraction of sp³-hybridized carbons (Fsp3) is 0.643. The van der Waals surface area contributed by atoms with Crippen LogP contribution in [0.15, 0.2) is 11.0 Å². The Morgan fingerprint density at radius 3 is 2.71 bits per heavy atom. The minimum atomic E-state index is -1.36. The fourth-order valence-electron chi connectivity index (χ4n) is 3.13. The summed E-state index contributed by atoms with van der Waals surface area (Å²) in [5.74, 6) is 0.427. The predicted octanol–water partition coefficient (Wildman–Crippen LogP) is -1.80. The molecule has 2 aromatic rings. The van der Waals surface area contributed by atoms with Crippen LogP contribution in [0.25, 0.3) is 11.2 Å². The first-order valence-corrected chi connectivity index (χ1v) is 7.87. The quantitative estimate of drug-likeness (QED) is 0.510. The van der Waals surface area contributed by atoms with Crippen LogP contribution >= 0.6 is 0 Å². The van der Waals surface area contributed by atoms with E-state index in [0.717, 1.165) is 12.8 Å². The molecule has 1 aliphatic carbocycles. The molecule has 1 saturated heterocycles. The molecule has 0 radical (unpaired) electrons. The molecule has 24 heavy (non-hydrogen) atoms. The van der Waals surface area contributed by atoms with E-state index >= 15 is 0 Å². The number of aromatic nitrogens is 4. The molecule has 10 nitrogen and oxygen atoms in total. The number of anilines is 1. The number of hydrogen-bond acceptors (Lipinski definition) is 8. The molecule has 3 heterocycles. The van der Waals surface area contributed by atoms with Gasteiger partial charge in [-0.1, -0.05) is 0 Å². The number of ether oxygens (including phenoxy) is 1.